The Morgan fingerprint density at radius 1 is 1.10 bits per heavy atom. The number of rotatable bonds is 6. The molecular weight excluding hydrogens is 574 g/mol. The predicted molar refractivity (Wildman–Crippen MR) is 163 cm³/mol. The van der Waals surface area contributed by atoms with Gasteiger partial charge in [-0.1, -0.05) is 56.6 Å². The second-order valence-corrected chi connectivity index (χ2v) is 12.6. The highest BCUT2D eigenvalue weighted by molar-refractivity contribution is 8.00. The average Bonchev–Trinajstić information content (AvgIpc) is 3.58. The molecule has 9 nitrogen and oxygen atoms in total. The maximum absolute atomic E-state index is 13.9. The van der Waals surface area contributed by atoms with Crippen LogP contribution in [0.4, 0.5) is 5.82 Å². The van der Waals surface area contributed by atoms with Crippen LogP contribution in [0.15, 0.2) is 66.9 Å². The molecule has 0 aliphatic carbocycles. The fourth-order valence-electron chi connectivity index (χ4n) is 5.10. The number of amides is 2. The molecule has 2 aliphatic rings. The molecule has 0 spiro atoms. The lowest BCUT2D eigenvalue weighted by molar-refractivity contribution is -0.123. The van der Waals surface area contributed by atoms with Gasteiger partial charge in [-0.25, -0.2) is 4.68 Å². The van der Waals surface area contributed by atoms with Crippen molar-refractivity contribution in [3.05, 3.63) is 94.4 Å². The van der Waals surface area contributed by atoms with Gasteiger partial charge < -0.3 is 14.8 Å². The number of fused-ring (bicyclic) bond motifs is 2. The molecule has 0 saturated heterocycles. The van der Waals surface area contributed by atoms with Crippen molar-refractivity contribution in [2.75, 3.05) is 24.0 Å². The lowest BCUT2D eigenvalue weighted by Gasteiger charge is -2.24. The molecule has 42 heavy (non-hydrogen) atoms. The van der Waals surface area contributed by atoms with Crippen molar-refractivity contribution >= 4 is 41.0 Å². The molecule has 4 aromatic rings. The van der Waals surface area contributed by atoms with Crippen LogP contribution in [0.5, 0.6) is 11.5 Å². The van der Waals surface area contributed by atoms with E-state index in [9.17, 15) is 9.59 Å². The summed E-state index contributed by atoms with van der Waals surface area (Å²) in [5.41, 5.74) is 3.56. The van der Waals surface area contributed by atoms with Crippen LogP contribution in [0.1, 0.15) is 48.5 Å². The maximum Gasteiger partial charge on any atom is 0.240 e. The molecule has 0 bridgehead atoms. The number of ether oxygens (including phenoxy) is 2. The van der Waals surface area contributed by atoms with E-state index in [1.54, 1.807) is 16.9 Å². The van der Waals surface area contributed by atoms with E-state index in [0.29, 0.717) is 28.0 Å². The first kappa shape index (κ1) is 28.1. The van der Waals surface area contributed by atoms with Gasteiger partial charge in [-0.05, 0) is 42.0 Å². The van der Waals surface area contributed by atoms with Crippen LogP contribution in [0.3, 0.4) is 0 Å². The molecule has 4 heterocycles. The number of para-hydroxylation sites is 1. The number of thioether (sulfide) groups is 1. The Kier molecular flexibility index (Phi) is 7.59. The summed E-state index contributed by atoms with van der Waals surface area (Å²) < 4.78 is 13.0. The molecule has 0 radical (unpaired) electrons. The monoisotopic (exact) mass is 603 g/mol. The number of pyridine rings is 1. The predicted octanol–water partition coefficient (Wildman–Crippen LogP) is 5.43. The van der Waals surface area contributed by atoms with Crippen molar-refractivity contribution in [2.45, 2.75) is 38.0 Å². The molecule has 0 unspecified atom stereocenters. The summed E-state index contributed by atoms with van der Waals surface area (Å²) in [4.78, 5) is 33.0. The van der Waals surface area contributed by atoms with Gasteiger partial charge >= 0.3 is 0 Å². The molecule has 1 N–H and O–H groups in total. The SMILES string of the molecule is CC(C)(C)c1nn(-c2ccccc2Cl)c2c1[C@H](c1ccc3c(c1)OCO3)SCC(=O)N2CC(=O)NCc1ccccn1. The number of hydrogen-bond acceptors (Lipinski definition) is 7. The smallest absolute Gasteiger partial charge is 0.240 e. The van der Waals surface area contributed by atoms with Crippen LogP contribution in [-0.4, -0.2) is 45.7 Å². The summed E-state index contributed by atoms with van der Waals surface area (Å²) in [5.74, 6) is 1.52. The van der Waals surface area contributed by atoms with Gasteiger partial charge in [-0.3, -0.25) is 19.5 Å². The fraction of sp³-hybridized carbons (Fsp3) is 0.290. The summed E-state index contributed by atoms with van der Waals surface area (Å²) in [6.45, 7) is 6.49. The Morgan fingerprint density at radius 3 is 2.64 bits per heavy atom. The van der Waals surface area contributed by atoms with E-state index >= 15 is 0 Å². The Morgan fingerprint density at radius 2 is 1.88 bits per heavy atom. The number of carbonyl (C=O) groups excluding carboxylic acids is 2. The molecule has 2 aromatic heterocycles. The summed E-state index contributed by atoms with van der Waals surface area (Å²) >= 11 is 8.21. The highest BCUT2D eigenvalue weighted by atomic mass is 35.5. The van der Waals surface area contributed by atoms with Crippen LogP contribution in [0.25, 0.3) is 5.69 Å². The molecule has 2 aromatic carbocycles. The third-order valence-corrected chi connectivity index (χ3v) is 8.65. The quantitative estimate of drug-likeness (QED) is 0.314. The molecule has 0 fully saturated rings. The Balaban J connectivity index is 1.49. The molecule has 2 aliphatic heterocycles. The summed E-state index contributed by atoms with van der Waals surface area (Å²) in [7, 11) is 0. The van der Waals surface area contributed by atoms with E-state index in [1.807, 2.05) is 54.6 Å². The van der Waals surface area contributed by atoms with E-state index < -0.39 is 5.41 Å². The van der Waals surface area contributed by atoms with Crippen LogP contribution in [0, 0.1) is 0 Å². The molecular formula is C31H30ClN5O4S. The number of nitrogens with one attached hydrogen (secondary N) is 1. The fourth-order valence-corrected chi connectivity index (χ4v) is 6.50. The zero-order chi connectivity index (χ0) is 29.4. The third-order valence-electron chi connectivity index (χ3n) is 7.07. The van der Waals surface area contributed by atoms with Crippen molar-refractivity contribution in [3.8, 4) is 17.2 Å². The van der Waals surface area contributed by atoms with Crippen LogP contribution < -0.4 is 19.7 Å². The number of carbonyl (C=O) groups is 2. The first-order chi connectivity index (χ1) is 20.2. The van der Waals surface area contributed by atoms with Gasteiger partial charge in [0, 0.05) is 17.2 Å². The third kappa shape index (κ3) is 5.44. The molecule has 216 valence electrons. The summed E-state index contributed by atoms with van der Waals surface area (Å²) in [5, 5.41) is 8.21. The zero-order valence-electron chi connectivity index (χ0n) is 23.5. The van der Waals surface area contributed by atoms with Crippen LogP contribution in [-0.2, 0) is 21.5 Å². The van der Waals surface area contributed by atoms with Gasteiger partial charge in [-0.2, -0.15) is 5.10 Å². The number of benzene rings is 2. The topological polar surface area (TPSA) is 98.6 Å². The first-order valence-corrected chi connectivity index (χ1v) is 15.0. The Hall–Kier alpha value is -4.02. The van der Waals surface area contributed by atoms with Gasteiger partial charge in [0.1, 0.15) is 12.4 Å². The van der Waals surface area contributed by atoms with E-state index in [1.165, 1.54) is 16.7 Å². The minimum Gasteiger partial charge on any atom is -0.454 e. The highest BCUT2D eigenvalue weighted by Gasteiger charge is 2.40. The Labute approximate surface area is 253 Å². The van der Waals surface area contributed by atoms with E-state index in [-0.39, 0.29) is 42.7 Å². The maximum atomic E-state index is 13.9. The van der Waals surface area contributed by atoms with E-state index in [4.69, 9.17) is 26.2 Å². The largest absolute Gasteiger partial charge is 0.454 e. The van der Waals surface area contributed by atoms with Gasteiger partial charge in [0.05, 0.1) is 39.6 Å². The Bertz CT molecular complexity index is 1650. The minimum atomic E-state index is -0.397. The van der Waals surface area contributed by atoms with Crippen molar-refractivity contribution in [1.82, 2.24) is 20.1 Å². The zero-order valence-corrected chi connectivity index (χ0v) is 25.0. The molecule has 6 rings (SSSR count). The van der Waals surface area contributed by atoms with Gasteiger partial charge in [0.25, 0.3) is 0 Å². The summed E-state index contributed by atoms with van der Waals surface area (Å²) in [6, 6.07) is 18.7. The highest BCUT2D eigenvalue weighted by Crippen LogP contribution is 2.50. The van der Waals surface area contributed by atoms with E-state index in [0.717, 1.165) is 22.5 Å². The standard InChI is InChI=1S/C31H30ClN5O4S/c1-31(2,3)29-27-28(19-11-12-23-24(14-19)41-18-40-23)42-17-26(39)36(16-25(38)34-15-20-8-6-7-13-33-20)30(27)37(35-29)22-10-5-4-9-21(22)32/h4-14,28H,15-18H2,1-3H3,(H,34,38)/t28-/m0/s1. The molecule has 11 heteroatoms. The minimum absolute atomic E-state index is 0.160. The first-order valence-electron chi connectivity index (χ1n) is 13.6. The number of nitrogens with zero attached hydrogens (tertiary/aromatic N) is 4. The van der Waals surface area contributed by atoms with Crippen molar-refractivity contribution < 1.29 is 19.1 Å². The second kappa shape index (κ2) is 11.3. The van der Waals surface area contributed by atoms with E-state index in [2.05, 4.69) is 31.1 Å². The number of hydrogen-bond donors (Lipinski definition) is 1. The molecule has 0 saturated carbocycles. The molecule has 1 atom stereocenters. The van der Waals surface area contributed by atoms with Gasteiger partial charge in [0.15, 0.2) is 11.5 Å². The summed E-state index contributed by atoms with van der Waals surface area (Å²) in [6.07, 6.45) is 1.68. The molecule has 2 amide bonds. The number of aromatic nitrogens is 3. The van der Waals surface area contributed by atoms with Crippen LogP contribution in [0.2, 0.25) is 5.02 Å². The second-order valence-electron chi connectivity index (χ2n) is 11.1. The van der Waals surface area contributed by atoms with Gasteiger partial charge in [0.2, 0.25) is 18.6 Å². The lowest BCUT2D eigenvalue weighted by atomic mass is 9.87. The van der Waals surface area contributed by atoms with Crippen molar-refractivity contribution in [2.24, 2.45) is 0 Å². The lowest BCUT2D eigenvalue weighted by Crippen LogP contribution is -2.42. The van der Waals surface area contributed by atoms with Gasteiger partial charge in [-0.15, -0.1) is 11.8 Å². The number of anilines is 1. The number of halogens is 1. The average molecular weight is 604 g/mol. The van der Waals surface area contributed by atoms with Crippen molar-refractivity contribution in [3.63, 3.8) is 0 Å². The van der Waals surface area contributed by atoms with Crippen LogP contribution >= 0.6 is 23.4 Å². The normalized spacial score (nSPS) is 16.2. The van der Waals surface area contributed by atoms with Crippen molar-refractivity contribution in [1.29, 1.82) is 0 Å².